The second-order valence-corrected chi connectivity index (χ2v) is 8.77. The van der Waals surface area contributed by atoms with Crippen LogP contribution >= 0.6 is 11.6 Å². The summed E-state index contributed by atoms with van der Waals surface area (Å²) in [6.45, 7) is 1.28. The van der Waals surface area contributed by atoms with Gasteiger partial charge in [0.25, 0.3) is 5.91 Å². The Kier molecular flexibility index (Phi) is 7.07. The number of amides is 1. The minimum absolute atomic E-state index is 0.0701. The number of carbonyl (C=O) groups is 1. The van der Waals surface area contributed by atoms with Crippen molar-refractivity contribution >= 4 is 27.5 Å². The van der Waals surface area contributed by atoms with Crippen molar-refractivity contribution in [2.75, 3.05) is 19.7 Å². The zero-order valence-electron chi connectivity index (χ0n) is 15.4. The molecule has 1 aliphatic heterocycles. The molecule has 1 saturated heterocycles. The van der Waals surface area contributed by atoms with Gasteiger partial charge in [0.2, 0.25) is 10.0 Å². The molecule has 0 aromatic heterocycles. The van der Waals surface area contributed by atoms with Crippen LogP contribution in [-0.4, -0.2) is 40.1 Å². The normalized spacial score (nSPS) is 16.8. The molecule has 1 amide bonds. The zero-order chi connectivity index (χ0) is 20.0. The Morgan fingerprint density at radius 2 is 1.96 bits per heavy atom. The highest BCUT2D eigenvalue weighted by Gasteiger charge is 2.23. The average Bonchev–Trinajstić information content (AvgIpc) is 3.21. The van der Waals surface area contributed by atoms with Crippen molar-refractivity contribution in [1.29, 1.82) is 0 Å². The molecule has 1 fully saturated rings. The number of nitrogens with one attached hydrogen (secondary N) is 2. The summed E-state index contributed by atoms with van der Waals surface area (Å²) < 4.78 is 33.2. The van der Waals surface area contributed by atoms with E-state index < -0.39 is 10.0 Å². The molecule has 150 valence electrons. The molecule has 0 radical (unpaired) electrons. The van der Waals surface area contributed by atoms with Crippen molar-refractivity contribution in [1.82, 2.24) is 10.0 Å². The van der Waals surface area contributed by atoms with E-state index in [-0.39, 0.29) is 34.0 Å². The molecule has 1 unspecified atom stereocenters. The summed E-state index contributed by atoms with van der Waals surface area (Å²) in [7, 11) is -3.84. The van der Waals surface area contributed by atoms with Gasteiger partial charge in [-0.1, -0.05) is 41.9 Å². The van der Waals surface area contributed by atoms with Gasteiger partial charge in [-0.05, 0) is 43.0 Å². The Morgan fingerprint density at radius 1 is 1.18 bits per heavy atom. The third-order valence-corrected chi connectivity index (χ3v) is 6.46. The molecule has 2 aromatic rings. The van der Waals surface area contributed by atoms with Gasteiger partial charge >= 0.3 is 0 Å². The fourth-order valence-corrected chi connectivity index (χ4v) is 4.59. The number of hydrogen-bond donors (Lipinski definition) is 2. The average molecular weight is 423 g/mol. The van der Waals surface area contributed by atoms with Crippen molar-refractivity contribution < 1.29 is 17.9 Å². The van der Waals surface area contributed by atoms with Crippen molar-refractivity contribution in [2.45, 2.75) is 30.3 Å². The molecular weight excluding hydrogens is 400 g/mol. The Labute approximate surface area is 170 Å². The van der Waals surface area contributed by atoms with Crippen LogP contribution in [0.5, 0.6) is 0 Å². The summed E-state index contributed by atoms with van der Waals surface area (Å²) in [6, 6.07) is 14.0. The summed E-state index contributed by atoms with van der Waals surface area (Å²) in [6.07, 6.45) is 2.30. The topological polar surface area (TPSA) is 84.5 Å². The second kappa shape index (κ2) is 9.52. The zero-order valence-corrected chi connectivity index (χ0v) is 16.9. The van der Waals surface area contributed by atoms with Crippen LogP contribution in [-0.2, 0) is 21.2 Å². The SMILES string of the molecule is O=C(NCCc1ccccc1)c1ccc(Cl)c(S(=O)(=O)NCC2CCCO2)c1. The Hall–Kier alpha value is -1.93. The van der Waals surface area contributed by atoms with Crippen molar-refractivity contribution in [3.8, 4) is 0 Å². The summed E-state index contributed by atoms with van der Waals surface area (Å²) in [5.74, 6) is -0.344. The van der Waals surface area contributed by atoms with Crippen LogP contribution in [0.3, 0.4) is 0 Å². The molecule has 8 heteroatoms. The van der Waals surface area contributed by atoms with Crippen LogP contribution in [0.25, 0.3) is 0 Å². The molecule has 0 spiro atoms. The number of ether oxygens (including phenoxy) is 1. The van der Waals surface area contributed by atoms with Crippen molar-refractivity contribution in [2.24, 2.45) is 0 Å². The predicted octanol–water partition coefficient (Wildman–Crippen LogP) is 2.77. The molecule has 1 atom stereocenters. The molecular formula is C20H23ClN2O4S. The lowest BCUT2D eigenvalue weighted by Crippen LogP contribution is -2.32. The van der Waals surface area contributed by atoms with E-state index in [9.17, 15) is 13.2 Å². The highest BCUT2D eigenvalue weighted by atomic mass is 35.5. The number of benzene rings is 2. The van der Waals surface area contributed by atoms with E-state index in [2.05, 4.69) is 10.0 Å². The van der Waals surface area contributed by atoms with Gasteiger partial charge in [-0.3, -0.25) is 4.79 Å². The first-order chi connectivity index (χ1) is 13.5. The predicted molar refractivity (Wildman–Crippen MR) is 108 cm³/mol. The summed E-state index contributed by atoms with van der Waals surface area (Å²) in [5.41, 5.74) is 1.36. The highest BCUT2D eigenvalue weighted by molar-refractivity contribution is 7.89. The largest absolute Gasteiger partial charge is 0.377 e. The standard InChI is InChI=1S/C20H23ClN2O4S/c21-18-9-8-16(20(24)22-11-10-15-5-2-1-3-6-15)13-19(18)28(25,26)23-14-17-7-4-12-27-17/h1-3,5-6,8-9,13,17,23H,4,7,10-12,14H2,(H,22,24). The maximum atomic E-state index is 12.6. The lowest BCUT2D eigenvalue weighted by molar-refractivity contribution is 0.0954. The molecule has 2 N–H and O–H groups in total. The fraction of sp³-hybridized carbons (Fsp3) is 0.350. The molecule has 2 aromatic carbocycles. The van der Waals surface area contributed by atoms with E-state index in [0.29, 0.717) is 19.6 Å². The van der Waals surface area contributed by atoms with Gasteiger partial charge < -0.3 is 10.1 Å². The number of carbonyl (C=O) groups excluding carboxylic acids is 1. The van der Waals surface area contributed by atoms with E-state index in [0.717, 1.165) is 18.4 Å². The van der Waals surface area contributed by atoms with E-state index >= 15 is 0 Å². The Morgan fingerprint density at radius 3 is 2.68 bits per heavy atom. The fourth-order valence-electron chi connectivity index (χ4n) is 3.00. The lowest BCUT2D eigenvalue weighted by Gasteiger charge is -2.13. The van der Waals surface area contributed by atoms with Crippen molar-refractivity contribution in [3.63, 3.8) is 0 Å². The van der Waals surface area contributed by atoms with Crippen LogP contribution in [0.1, 0.15) is 28.8 Å². The van der Waals surface area contributed by atoms with Crippen LogP contribution in [0, 0.1) is 0 Å². The molecule has 0 aliphatic carbocycles. The first kappa shape index (κ1) is 20.8. The number of hydrogen-bond acceptors (Lipinski definition) is 4. The Bertz CT molecular complexity index is 913. The number of halogens is 1. The van der Waals surface area contributed by atoms with Crippen molar-refractivity contribution in [3.05, 3.63) is 64.7 Å². The second-order valence-electron chi connectivity index (χ2n) is 6.62. The number of sulfonamides is 1. The van der Waals surface area contributed by atoms with Gasteiger partial charge in [0.1, 0.15) is 4.90 Å². The van der Waals surface area contributed by atoms with Gasteiger partial charge in [0.15, 0.2) is 0 Å². The van der Waals surface area contributed by atoms with Crippen LogP contribution in [0.15, 0.2) is 53.4 Å². The molecule has 28 heavy (non-hydrogen) atoms. The van der Waals surface area contributed by atoms with E-state index in [1.165, 1.54) is 18.2 Å². The van der Waals surface area contributed by atoms with E-state index in [1.807, 2.05) is 30.3 Å². The third kappa shape index (κ3) is 5.54. The summed E-state index contributed by atoms with van der Waals surface area (Å²) >= 11 is 6.08. The van der Waals surface area contributed by atoms with Gasteiger partial charge in [-0.2, -0.15) is 0 Å². The summed E-state index contributed by atoms with van der Waals surface area (Å²) in [4.78, 5) is 12.3. The number of rotatable bonds is 8. The third-order valence-electron chi connectivity index (χ3n) is 4.55. The van der Waals surface area contributed by atoms with Crippen LogP contribution < -0.4 is 10.0 Å². The van der Waals surface area contributed by atoms with Gasteiger partial charge in [-0.25, -0.2) is 13.1 Å². The van der Waals surface area contributed by atoms with Gasteiger partial charge in [-0.15, -0.1) is 0 Å². The Balaban J connectivity index is 1.63. The molecule has 1 heterocycles. The molecule has 0 saturated carbocycles. The smallest absolute Gasteiger partial charge is 0.251 e. The lowest BCUT2D eigenvalue weighted by atomic mass is 10.1. The quantitative estimate of drug-likeness (QED) is 0.685. The summed E-state index contributed by atoms with van der Waals surface area (Å²) in [5, 5.41) is 2.88. The van der Waals surface area contributed by atoms with Gasteiger partial charge in [0.05, 0.1) is 11.1 Å². The van der Waals surface area contributed by atoms with E-state index in [1.54, 1.807) is 0 Å². The minimum atomic E-state index is -3.84. The highest BCUT2D eigenvalue weighted by Crippen LogP contribution is 2.23. The monoisotopic (exact) mass is 422 g/mol. The molecule has 1 aliphatic rings. The van der Waals surface area contributed by atoms with E-state index in [4.69, 9.17) is 16.3 Å². The minimum Gasteiger partial charge on any atom is -0.377 e. The maximum Gasteiger partial charge on any atom is 0.251 e. The molecule has 6 nitrogen and oxygen atoms in total. The van der Waals surface area contributed by atoms with Gasteiger partial charge in [0, 0.05) is 25.3 Å². The first-order valence-electron chi connectivity index (χ1n) is 9.18. The van der Waals surface area contributed by atoms with Crippen LogP contribution in [0.2, 0.25) is 5.02 Å². The molecule has 0 bridgehead atoms. The molecule has 3 rings (SSSR count). The first-order valence-corrected chi connectivity index (χ1v) is 11.0. The maximum absolute atomic E-state index is 12.6. The van der Waals surface area contributed by atoms with Crippen LogP contribution in [0.4, 0.5) is 0 Å².